The van der Waals surface area contributed by atoms with Crippen molar-refractivity contribution in [1.29, 1.82) is 0 Å². The molecule has 1 aromatic rings. The summed E-state index contributed by atoms with van der Waals surface area (Å²) in [4.78, 5) is 0. The van der Waals surface area contributed by atoms with Gasteiger partial charge in [-0.05, 0) is 30.5 Å². The van der Waals surface area contributed by atoms with Crippen molar-refractivity contribution in [3.05, 3.63) is 34.3 Å². The lowest BCUT2D eigenvalue weighted by Gasteiger charge is -2.25. The molecule has 0 aliphatic carbocycles. The predicted octanol–water partition coefficient (Wildman–Crippen LogP) is 3.28. The summed E-state index contributed by atoms with van der Waals surface area (Å²) in [6, 6.07) is 8.26. The Hall–Kier alpha value is -0.420. The third-order valence-electron chi connectivity index (χ3n) is 3.59. The molecule has 106 valence electrons. The van der Waals surface area contributed by atoms with Gasteiger partial charge in [0.05, 0.1) is 19.3 Å². The molecular weight excluding hydrogens is 306 g/mol. The van der Waals surface area contributed by atoms with E-state index in [-0.39, 0.29) is 12.1 Å². The van der Waals surface area contributed by atoms with Crippen molar-refractivity contribution in [2.75, 3.05) is 19.8 Å². The minimum Gasteiger partial charge on any atom is -0.381 e. The van der Waals surface area contributed by atoms with E-state index in [1.807, 2.05) is 12.1 Å². The van der Waals surface area contributed by atoms with E-state index in [4.69, 9.17) is 15.2 Å². The number of nitrogens with two attached hydrogens (primary N) is 1. The summed E-state index contributed by atoms with van der Waals surface area (Å²) in [5.74, 6) is 0.516. The largest absolute Gasteiger partial charge is 0.381 e. The van der Waals surface area contributed by atoms with E-state index in [1.165, 1.54) is 0 Å². The van der Waals surface area contributed by atoms with Crippen LogP contribution in [0.4, 0.5) is 0 Å². The van der Waals surface area contributed by atoms with Crippen LogP contribution in [0.1, 0.15) is 31.4 Å². The highest BCUT2D eigenvalue weighted by atomic mass is 79.9. The van der Waals surface area contributed by atoms with Crippen LogP contribution < -0.4 is 5.73 Å². The van der Waals surface area contributed by atoms with Crippen molar-refractivity contribution in [3.8, 4) is 0 Å². The molecule has 2 rings (SSSR count). The summed E-state index contributed by atoms with van der Waals surface area (Å²) in [6.45, 7) is 4.50. The highest BCUT2D eigenvalue weighted by molar-refractivity contribution is 9.10. The average molecular weight is 328 g/mol. The summed E-state index contributed by atoms with van der Waals surface area (Å²) in [5.41, 5.74) is 7.35. The Kier molecular flexibility index (Phi) is 5.82. The molecule has 0 amide bonds. The smallest absolute Gasteiger partial charge is 0.0975 e. The van der Waals surface area contributed by atoms with Crippen LogP contribution in [0.15, 0.2) is 28.7 Å². The zero-order chi connectivity index (χ0) is 13.7. The van der Waals surface area contributed by atoms with Gasteiger partial charge in [-0.1, -0.05) is 35.0 Å². The van der Waals surface area contributed by atoms with Gasteiger partial charge in [0.1, 0.15) is 0 Å². The fourth-order valence-electron chi connectivity index (χ4n) is 2.29. The maximum Gasteiger partial charge on any atom is 0.0975 e. The fourth-order valence-corrected chi connectivity index (χ4v) is 2.55. The van der Waals surface area contributed by atoms with E-state index in [0.29, 0.717) is 5.92 Å². The molecule has 19 heavy (non-hydrogen) atoms. The Bertz CT molecular complexity index is 376. The molecule has 1 aromatic carbocycles. The van der Waals surface area contributed by atoms with Gasteiger partial charge < -0.3 is 15.2 Å². The van der Waals surface area contributed by atoms with Gasteiger partial charge in [0.2, 0.25) is 0 Å². The molecule has 3 nitrogen and oxygen atoms in total. The van der Waals surface area contributed by atoms with Crippen LogP contribution in [0.3, 0.4) is 0 Å². The lowest BCUT2D eigenvalue weighted by molar-refractivity contribution is 0.00948. The number of rotatable bonds is 6. The van der Waals surface area contributed by atoms with Crippen molar-refractivity contribution in [2.24, 2.45) is 11.7 Å². The van der Waals surface area contributed by atoms with Crippen LogP contribution in [0.2, 0.25) is 0 Å². The monoisotopic (exact) mass is 327 g/mol. The first-order valence-corrected chi connectivity index (χ1v) is 7.70. The third-order valence-corrected chi connectivity index (χ3v) is 4.12. The van der Waals surface area contributed by atoms with Crippen LogP contribution in [0.5, 0.6) is 0 Å². The third kappa shape index (κ3) is 4.28. The Morgan fingerprint density at radius 3 is 2.74 bits per heavy atom. The van der Waals surface area contributed by atoms with Crippen LogP contribution >= 0.6 is 15.9 Å². The number of halogens is 1. The second-order valence-corrected chi connectivity index (χ2v) is 6.02. The van der Waals surface area contributed by atoms with E-state index in [0.717, 1.165) is 42.7 Å². The summed E-state index contributed by atoms with van der Waals surface area (Å²) in [6.07, 6.45) is 1.97. The average Bonchev–Trinajstić information content (AvgIpc) is 2.93. The van der Waals surface area contributed by atoms with Gasteiger partial charge in [-0.25, -0.2) is 0 Å². The van der Waals surface area contributed by atoms with Crippen molar-refractivity contribution in [3.63, 3.8) is 0 Å². The minimum absolute atomic E-state index is 0.0290. The van der Waals surface area contributed by atoms with Gasteiger partial charge in [-0.2, -0.15) is 0 Å². The summed E-state index contributed by atoms with van der Waals surface area (Å²) < 4.78 is 12.5. The van der Waals surface area contributed by atoms with Crippen LogP contribution in [0, 0.1) is 5.92 Å². The predicted molar refractivity (Wildman–Crippen MR) is 80.0 cm³/mol. The Morgan fingerprint density at radius 2 is 2.16 bits per heavy atom. The Balaban J connectivity index is 2.00. The second-order valence-electron chi connectivity index (χ2n) is 5.11. The fraction of sp³-hybridized carbons (Fsp3) is 0.600. The van der Waals surface area contributed by atoms with Crippen molar-refractivity contribution in [2.45, 2.75) is 31.9 Å². The molecule has 0 radical (unpaired) electrons. The second kappa shape index (κ2) is 7.39. The molecule has 2 N–H and O–H groups in total. The molecule has 1 aliphatic heterocycles. The summed E-state index contributed by atoms with van der Waals surface area (Å²) >= 11 is 3.45. The van der Waals surface area contributed by atoms with E-state index in [9.17, 15) is 0 Å². The zero-order valence-corrected chi connectivity index (χ0v) is 12.9. The first kappa shape index (κ1) is 15.0. The van der Waals surface area contributed by atoms with Gasteiger partial charge in [0.25, 0.3) is 0 Å². The number of hydrogen-bond donors (Lipinski definition) is 1. The van der Waals surface area contributed by atoms with Gasteiger partial charge in [-0.3, -0.25) is 0 Å². The topological polar surface area (TPSA) is 44.5 Å². The standard InChI is InChI=1S/C15H22BrNO2/c1-2-14(17)15(12-3-5-13(16)6-4-12)19-10-11-7-8-18-9-11/h3-6,11,14-15H,2,7-10,17H2,1H3. The zero-order valence-electron chi connectivity index (χ0n) is 11.3. The molecule has 0 spiro atoms. The molecule has 0 bridgehead atoms. The summed E-state index contributed by atoms with van der Waals surface area (Å²) in [7, 11) is 0. The lowest BCUT2D eigenvalue weighted by Crippen LogP contribution is -2.31. The van der Waals surface area contributed by atoms with Crippen LogP contribution in [-0.2, 0) is 9.47 Å². The molecule has 1 fully saturated rings. The summed E-state index contributed by atoms with van der Waals surface area (Å²) in [5, 5.41) is 0. The highest BCUT2D eigenvalue weighted by Gasteiger charge is 2.23. The van der Waals surface area contributed by atoms with Crippen LogP contribution in [-0.4, -0.2) is 25.9 Å². The number of benzene rings is 1. The molecule has 1 aliphatic rings. The lowest BCUT2D eigenvalue weighted by atomic mass is 10.0. The van der Waals surface area contributed by atoms with E-state index in [1.54, 1.807) is 0 Å². The highest BCUT2D eigenvalue weighted by Crippen LogP contribution is 2.25. The maximum absolute atomic E-state index is 6.20. The quantitative estimate of drug-likeness (QED) is 0.872. The SMILES string of the molecule is CCC(N)C(OCC1CCOC1)c1ccc(Br)cc1. The first-order chi connectivity index (χ1) is 9.20. The Morgan fingerprint density at radius 1 is 1.42 bits per heavy atom. The van der Waals surface area contributed by atoms with Gasteiger partial charge in [0, 0.05) is 23.0 Å². The molecule has 3 unspecified atom stereocenters. The molecular formula is C15H22BrNO2. The van der Waals surface area contributed by atoms with Crippen LogP contribution in [0.25, 0.3) is 0 Å². The molecule has 0 saturated carbocycles. The normalized spacial score (nSPS) is 22.4. The van der Waals surface area contributed by atoms with E-state index in [2.05, 4.69) is 35.0 Å². The van der Waals surface area contributed by atoms with Gasteiger partial charge >= 0.3 is 0 Å². The van der Waals surface area contributed by atoms with Gasteiger partial charge in [-0.15, -0.1) is 0 Å². The molecule has 1 heterocycles. The van der Waals surface area contributed by atoms with E-state index < -0.39 is 0 Å². The van der Waals surface area contributed by atoms with Crippen molar-refractivity contribution >= 4 is 15.9 Å². The molecule has 0 aromatic heterocycles. The van der Waals surface area contributed by atoms with Gasteiger partial charge in [0.15, 0.2) is 0 Å². The van der Waals surface area contributed by atoms with Crippen molar-refractivity contribution < 1.29 is 9.47 Å². The number of ether oxygens (including phenoxy) is 2. The maximum atomic E-state index is 6.20. The van der Waals surface area contributed by atoms with Crippen molar-refractivity contribution in [1.82, 2.24) is 0 Å². The van der Waals surface area contributed by atoms with E-state index >= 15 is 0 Å². The Labute approximate surface area is 123 Å². The molecule has 4 heteroatoms. The minimum atomic E-state index is -0.0290. The molecule has 3 atom stereocenters. The first-order valence-electron chi connectivity index (χ1n) is 6.91. The molecule has 1 saturated heterocycles. The number of hydrogen-bond acceptors (Lipinski definition) is 3.